The van der Waals surface area contributed by atoms with E-state index in [0.29, 0.717) is 23.1 Å². The minimum atomic E-state index is 0.370. The molecule has 2 aliphatic rings. The van der Waals surface area contributed by atoms with E-state index in [2.05, 4.69) is 76.8 Å². The van der Waals surface area contributed by atoms with Crippen molar-refractivity contribution >= 4 is 33.5 Å². The molecule has 5 heterocycles. The van der Waals surface area contributed by atoms with Crippen molar-refractivity contribution in [1.29, 1.82) is 5.26 Å². The number of oxazole rings is 1. The summed E-state index contributed by atoms with van der Waals surface area (Å²) in [4.78, 5) is 16.9. The second-order valence-corrected chi connectivity index (χ2v) is 12.8. The van der Waals surface area contributed by atoms with Crippen molar-refractivity contribution in [3.63, 3.8) is 0 Å². The van der Waals surface area contributed by atoms with Gasteiger partial charge in [-0.3, -0.25) is 9.88 Å². The highest BCUT2D eigenvalue weighted by molar-refractivity contribution is 5.91. The molecule has 0 saturated carbocycles. The van der Waals surface area contributed by atoms with Gasteiger partial charge in [-0.2, -0.15) is 5.26 Å². The van der Waals surface area contributed by atoms with Crippen LogP contribution in [0.25, 0.3) is 44.6 Å². The second kappa shape index (κ2) is 12.3. The smallest absolute Gasteiger partial charge is 0.227 e. The minimum Gasteiger partial charge on any atom is -0.435 e. The average molecular weight is 620 g/mol. The Balaban J connectivity index is 1.12. The van der Waals surface area contributed by atoms with Crippen LogP contribution in [0.3, 0.4) is 0 Å². The summed E-state index contributed by atoms with van der Waals surface area (Å²) in [6.45, 7) is 8.32. The van der Waals surface area contributed by atoms with Crippen LogP contribution in [0, 0.1) is 25.2 Å². The predicted molar refractivity (Wildman–Crippen MR) is 186 cm³/mol. The minimum absolute atomic E-state index is 0.370. The molecule has 6 aromatic rings. The van der Waals surface area contributed by atoms with Crippen LogP contribution in [0.15, 0.2) is 77.5 Å². The lowest BCUT2D eigenvalue weighted by Crippen LogP contribution is -2.18. The third-order valence-electron chi connectivity index (χ3n) is 9.80. The van der Waals surface area contributed by atoms with Crippen LogP contribution in [0.4, 0.5) is 11.5 Å². The first-order chi connectivity index (χ1) is 23.1. The number of nitrogens with one attached hydrogen (secondary N) is 2. The number of nitriles is 1. The van der Waals surface area contributed by atoms with Crippen LogP contribution in [-0.4, -0.2) is 39.5 Å². The summed E-state index contributed by atoms with van der Waals surface area (Å²) in [5.41, 5.74) is 11.2. The molecule has 0 spiro atoms. The van der Waals surface area contributed by atoms with Gasteiger partial charge in [0.2, 0.25) is 5.89 Å². The third-order valence-corrected chi connectivity index (χ3v) is 9.80. The van der Waals surface area contributed by atoms with Gasteiger partial charge in [0.05, 0.1) is 5.56 Å². The van der Waals surface area contributed by atoms with Crippen molar-refractivity contribution in [3.05, 3.63) is 101 Å². The number of benzene rings is 3. The van der Waals surface area contributed by atoms with Crippen LogP contribution < -0.4 is 10.6 Å². The Morgan fingerprint density at radius 2 is 1.77 bits per heavy atom. The summed E-state index contributed by atoms with van der Waals surface area (Å²) in [7, 11) is 0. The van der Waals surface area contributed by atoms with Crippen molar-refractivity contribution in [1.82, 2.24) is 25.2 Å². The molecule has 8 rings (SSSR count). The SMILES string of the molecule is Cc1c(Nc2nccc3cc(C4CCCN4)cnc23)cccc1-c1cccc(-c2nc3cc(CN4CCCC4)cc(C#N)c3o2)c1C. The molecule has 1 unspecified atom stereocenters. The summed E-state index contributed by atoms with van der Waals surface area (Å²) in [6.07, 6.45) is 8.62. The Morgan fingerprint density at radius 1 is 0.957 bits per heavy atom. The molecule has 0 radical (unpaired) electrons. The summed E-state index contributed by atoms with van der Waals surface area (Å²) >= 11 is 0. The molecule has 8 nitrogen and oxygen atoms in total. The van der Waals surface area contributed by atoms with E-state index in [1.165, 1.54) is 24.8 Å². The number of anilines is 2. The van der Waals surface area contributed by atoms with Crippen LogP contribution in [-0.2, 0) is 6.54 Å². The van der Waals surface area contributed by atoms with Crippen LogP contribution in [0.2, 0.25) is 0 Å². The van der Waals surface area contributed by atoms with Crippen molar-refractivity contribution in [3.8, 4) is 28.7 Å². The number of aromatic nitrogens is 3. The lowest BCUT2D eigenvalue weighted by atomic mass is 9.93. The number of fused-ring (bicyclic) bond motifs is 2. The molecule has 2 saturated heterocycles. The lowest BCUT2D eigenvalue weighted by Gasteiger charge is -2.17. The van der Waals surface area contributed by atoms with Crippen molar-refractivity contribution in [2.24, 2.45) is 0 Å². The zero-order chi connectivity index (χ0) is 31.9. The van der Waals surface area contributed by atoms with Gasteiger partial charge in [0, 0.05) is 41.6 Å². The number of pyridine rings is 2. The van der Waals surface area contributed by atoms with Gasteiger partial charge in [-0.1, -0.05) is 24.3 Å². The Morgan fingerprint density at radius 3 is 2.57 bits per heavy atom. The Hall–Kier alpha value is -5.10. The highest BCUT2D eigenvalue weighted by Gasteiger charge is 2.21. The molecule has 2 fully saturated rings. The van der Waals surface area contributed by atoms with Gasteiger partial charge in [0.15, 0.2) is 11.4 Å². The molecular weight excluding hydrogens is 582 g/mol. The monoisotopic (exact) mass is 619 g/mol. The van der Waals surface area contributed by atoms with E-state index in [-0.39, 0.29) is 0 Å². The van der Waals surface area contributed by atoms with E-state index in [1.54, 1.807) is 0 Å². The third kappa shape index (κ3) is 5.52. The first-order valence-electron chi connectivity index (χ1n) is 16.6. The molecule has 3 aromatic heterocycles. The first-order valence-corrected chi connectivity index (χ1v) is 16.6. The fourth-order valence-corrected chi connectivity index (χ4v) is 7.26. The maximum Gasteiger partial charge on any atom is 0.227 e. The molecule has 3 aromatic carbocycles. The van der Waals surface area contributed by atoms with Crippen molar-refractivity contribution in [2.75, 3.05) is 25.0 Å². The van der Waals surface area contributed by atoms with E-state index in [1.807, 2.05) is 36.7 Å². The fourth-order valence-electron chi connectivity index (χ4n) is 7.26. The van der Waals surface area contributed by atoms with E-state index in [0.717, 1.165) is 93.9 Å². The first kappa shape index (κ1) is 29.3. The van der Waals surface area contributed by atoms with Crippen LogP contribution in [0.5, 0.6) is 0 Å². The number of rotatable bonds is 7. The zero-order valence-corrected chi connectivity index (χ0v) is 26.8. The maximum absolute atomic E-state index is 9.96. The Bertz CT molecular complexity index is 2170. The standard InChI is InChI=1S/C39H37N7O/c1-24-30(8-5-10-32(24)39-45-35-19-26(23-46-16-3-4-17-46)18-28(21-40)37(35)47-39)31-9-6-11-33(25(31)2)44-38-36-27(13-15-42-38)20-29(22-43-36)34-12-7-14-41-34/h5-6,8-11,13,15,18-20,22,34,41H,3-4,7,12,14,16-17,23H2,1-2H3,(H,42,44). The number of nitrogens with zero attached hydrogens (tertiary/aromatic N) is 5. The largest absolute Gasteiger partial charge is 0.435 e. The summed E-state index contributed by atoms with van der Waals surface area (Å²) < 4.78 is 6.31. The second-order valence-electron chi connectivity index (χ2n) is 12.8. The number of likely N-dealkylation sites (tertiary alicyclic amines) is 1. The van der Waals surface area contributed by atoms with Crippen molar-refractivity contribution in [2.45, 2.75) is 52.1 Å². The highest BCUT2D eigenvalue weighted by Crippen LogP contribution is 2.38. The molecule has 0 aliphatic carbocycles. The van der Waals surface area contributed by atoms with E-state index >= 15 is 0 Å². The average Bonchev–Trinajstić information content (AvgIpc) is 3.89. The lowest BCUT2D eigenvalue weighted by molar-refractivity contribution is 0.331. The predicted octanol–water partition coefficient (Wildman–Crippen LogP) is 8.36. The molecular formula is C39H37N7O. The van der Waals surface area contributed by atoms with Gasteiger partial charge in [-0.15, -0.1) is 0 Å². The van der Waals surface area contributed by atoms with Crippen LogP contribution >= 0.6 is 0 Å². The maximum atomic E-state index is 9.96. The van der Waals surface area contributed by atoms with Crippen LogP contribution in [0.1, 0.15) is 59.5 Å². The zero-order valence-electron chi connectivity index (χ0n) is 26.8. The molecule has 1 atom stereocenters. The van der Waals surface area contributed by atoms with Gasteiger partial charge in [-0.05, 0) is 129 Å². The van der Waals surface area contributed by atoms with E-state index in [9.17, 15) is 5.26 Å². The molecule has 0 bridgehead atoms. The Kier molecular flexibility index (Phi) is 7.64. The molecule has 8 heteroatoms. The molecule has 2 N–H and O–H groups in total. The van der Waals surface area contributed by atoms with Gasteiger partial charge in [-0.25, -0.2) is 9.97 Å². The summed E-state index contributed by atoms with van der Waals surface area (Å²) in [5, 5.41) is 18.2. The van der Waals surface area contributed by atoms with E-state index < -0.39 is 0 Å². The van der Waals surface area contributed by atoms with Crippen molar-refractivity contribution < 1.29 is 4.42 Å². The molecule has 234 valence electrons. The van der Waals surface area contributed by atoms with Gasteiger partial charge in [0.25, 0.3) is 0 Å². The van der Waals surface area contributed by atoms with Gasteiger partial charge in [0.1, 0.15) is 17.1 Å². The normalized spacial score (nSPS) is 16.7. The molecule has 0 amide bonds. The highest BCUT2D eigenvalue weighted by atomic mass is 16.3. The van der Waals surface area contributed by atoms with Gasteiger partial charge >= 0.3 is 0 Å². The number of hydrogen-bond acceptors (Lipinski definition) is 8. The van der Waals surface area contributed by atoms with E-state index in [4.69, 9.17) is 14.4 Å². The van der Waals surface area contributed by atoms with Gasteiger partial charge < -0.3 is 15.1 Å². The molecule has 2 aliphatic heterocycles. The summed E-state index contributed by atoms with van der Waals surface area (Å²) in [5.74, 6) is 1.27. The molecule has 47 heavy (non-hydrogen) atoms. The quantitative estimate of drug-likeness (QED) is 0.184. The Labute approximate surface area is 274 Å². The topological polar surface area (TPSA) is 103 Å². The number of hydrogen-bond donors (Lipinski definition) is 2. The fraction of sp³-hybridized carbons (Fsp3) is 0.282. The summed E-state index contributed by atoms with van der Waals surface area (Å²) in [6, 6.07) is 23.5.